The lowest BCUT2D eigenvalue weighted by molar-refractivity contribution is 0.123. The van der Waals surface area contributed by atoms with Gasteiger partial charge in [-0.15, -0.1) is 0 Å². The highest BCUT2D eigenvalue weighted by Gasteiger charge is 2.13. The molecule has 0 saturated carbocycles. The summed E-state index contributed by atoms with van der Waals surface area (Å²) in [7, 11) is 1.34. The molecule has 0 fully saturated rings. The van der Waals surface area contributed by atoms with Crippen molar-refractivity contribution in [3.05, 3.63) is 0 Å². The summed E-state index contributed by atoms with van der Waals surface area (Å²) in [6, 6.07) is 2.06. The number of rotatable bonds is 3. The fraction of sp³-hybridized carbons (Fsp3) is 0.750. The van der Waals surface area contributed by atoms with E-state index in [2.05, 4.69) is 10.8 Å². The van der Waals surface area contributed by atoms with Gasteiger partial charge in [-0.2, -0.15) is 5.26 Å². The molecule has 0 saturated heterocycles. The Morgan fingerprint density at radius 1 is 1.75 bits per heavy atom. The van der Waals surface area contributed by atoms with Crippen LogP contribution in [-0.2, 0) is 4.74 Å². The fourth-order valence-electron chi connectivity index (χ4n) is 0.833. The Labute approximate surface area is 72.7 Å². The first-order chi connectivity index (χ1) is 5.65. The van der Waals surface area contributed by atoms with E-state index in [9.17, 15) is 4.79 Å². The van der Waals surface area contributed by atoms with E-state index < -0.39 is 0 Å². The second kappa shape index (κ2) is 5.42. The Balaban J connectivity index is 4.01. The summed E-state index contributed by atoms with van der Waals surface area (Å²) in [6.07, 6.45) is -0.375. The van der Waals surface area contributed by atoms with E-state index in [0.29, 0.717) is 13.1 Å². The number of nitrogens with zero attached hydrogens (tertiary/aromatic N) is 2. The first-order valence-corrected chi connectivity index (χ1v) is 3.88. The van der Waals surface area contributed by atoms with E-state index in [0.717, 1.165) is 0 Å². The molecule has 4 heteroatoms. The molecule has 0 aliphatic rings. The largest absolute Gasteiger partial charge is 0.453 e. The average molecular weight is 170 g/mol. The predicted molar refractivity (Wildman–Crippen MR) is 44.4 cm³/mol. The second-order valence-electron chi connectivity index (χ2n) is 2.54. The van der Waals surface area contributed by atoms with Gasteiger partial charge in [-0.05, 0) is 13.8 Å². The van der Waals surface area contributed by atoms with E-state index >= 15 is 0 Å². The van der Waals surface area contributed by atoms with Crippen molar-refractivity contribution in [2.24, 2.45) is 5.92 Å². The van der Waals surface area contributed by atoms with Gasteiger partial charge in [0.15, 0.2) is 0 Å². The Bertz CT molecular complexity index is 186. The van der Waals surface area contributed by atoms with Crippen LogP contribution in [0.25, 0.3) is 0 Å². The van der Waals surface area contributed by atoms with Gasteiger partial charge in [0.25, 0.3) is 0 Å². The van der Waals surface area contributed by atoms with Gasteiger partial charge in [0.1, 0.15) is 0 Å². The van der Waals surface area contributed by atoms with Crippen LogP contribution in [0.3, 0.4) is 0 Å². The Morgan fingerprint density at radius 3 is 2.67 bits per heavy atom. The summed E-state index contributed by atoms with van der Waals surface area (Å²) >= 11 is 0. The summed E-state index contributed by atoms with van der Waals surface area (Å²) in [5, 5.41) is 8.50. The smallest absolute Gasteiger partial charge is 0.409 e. The lowest BCUT2D eigenvalue weighted by Crippen LogP contribution is -2.34. The summed E-state index contributed by atoms with van der Waals surface area (Å²) in [6.45, 7) is 4.62. The number of ether oxygens (including phenoxy) is 1. The van der Waals surface area contributed by atoms with Crippen molar-refractivity contribution >= 4 is 6.09 Å². The van der Waals surface area contributed by atoms with E-state index in [-0.39, 0.29) is 12.0 Å². The van der Waals surface area contributed by atoms with Gasteiger partial charge < -0.3 is 9.64 Å². The number of hydrogen-bond donors (Lipinski definition) is 0. The standard InChI is InChI=1S/C8H14N2O2/c1-4-10(8(11)12-3)6-7(2)5-9/h7H,4,6H2,1-3H3. The van der Waals surface area contributed by atoms with E-state index in [1.807, 2.05) is 6.92 Å². The van der Waals surface area contributed by atoms with Gasteiger partial charge >= 0.3 is 6.09 Å². The molecule has 0 aromatic carbocycles. The van der Waals surface area contributed by atoms with Crippen LogP contribution in [0.1, 0.15) is 13.8 Å². The lowest BCUT2D eigenvalue weighted by Gasteiger charge is -2.19. The Morgan fingerprint density at radius 2 is 2.33 bits per heavy atom. The zero-order valence-electron chi connectivity index (χ0n) is 7.70. The molecule has 0 aromatic rings. The van der Waals surface area contributed by atoms with Crippen molar-refractivity contribution in [2.45, 2.75) is 13.8 Å². The molecule has 0 radical (unpaired) electrons. The topological polar surface area (TPSA) is 53.3 Å². The molecule has 0 N–H and O–H groups in total. The second-order valence-corrected chi connectivity index (χ2v) is 2.54. The molecule has 0 aliphatic heterocycles. The molecular formula is C8H14N2O2. The molecule has 0 rings (SSSR count). The van der Waals surface area contributed by atoms with Crippen molar-refractivity contribution < 1.29 is 9.53 Å². The maximum Gasteiger partial charge on any atom is 0.409 e. The molecule has 12 heavy (non-hydrogen) atoms. The predicted octanol–water partition coefficient (Wildman–Crippen LogP) is 1.23. The van der Waals surface area contributed by atoms with Crippen LogP contribution in [0.2, 0.25) is 0 Å². The quantitative estimate of drug-likeness (QED) is 0.640. The normalized spacial score (nSPS) is 11.5. The minimum Gasteiger partial charge on any atom is -0.453 e. The summed E-state index contributed by atoms with van der Waals surface area (Å²) in [5.74, 6) is -0.149. The first-order valence-electron chi connectivity index (χ1n) is 3.88. The number of nitriles is 1. The van der Waals surface area contributed by atoms with Crippen LogP contribution in [0.15, 0.2) is 0 Å². The SMILES string of the molecule is CCN(CC(C)C#N)C(=O)OC. The molecule has 0 bridgehead atoms. The summed E-state index contributed by atoms with van der Waals surface area (Å²) in [4.78, 5) is 12.5. The van der Waals surface area contributed by atoms with E-state index in [4.69, 9.17) is 5.26 Å². The molecule has 4 nitrogen and oxygen atoms in total. The summed E-state index contributed by atoms with van der Waals surface area (Å²) in [5.41, 5.74) is 0. The van der Waals surface area contributed by atoms with Crippen molar-refractivity contribution in [1.82, 2.24) is 4.90 Å². The van der Waals surface area contributed by atoms with Crippen LogP contribution in [0.5, 0.6) is 0 Å². The van der Waals surface area contributed by atoms with Gasteiger partial charge in [0, 0.05) is 13.1 Å². The molecule has 0 spiro atoms. The van der Waals surface area contributed by atoms with Gasteiger partial charge in [0.05, 0.1) is 19.1 Å². The van der Waals surface area contributed by atoms with Gasteiger partial charge in [-0.3, -0.25) is 0 Å². The van der Waals surface area contributed by atoms with Crippen LogP contribution in [0, 0.1) is 17.2 Å². The zero-order chi connectivity index (χ0) is 9.56. The van der Waals surface area contributed by atoms with Crippen molar-refractivity contribution in [2.75, 3.05) is 20.2 Å². The van der Waals surface area contributed by atoms with Crippen LogP contribution in [-0.4, -0.2) is 31.2 Å². The van der Waals surface area contributed by atoms with Gasteiger partial charge in [0.2, 0.25) is 0 Å². The summed E-state index contributed by atoms with van der Waals surface area (Å²) < 4.78 is 4.53. The molecule has 0 heterocycles. The Hall–Kier alpha value is -1.24. The maximum absolute atomic E-state index is 11.0. The fourth-order valence-corrected chi connectivity index (χ4v) is 0.833. The third kappa shape index (κ3) is 3.24. The highest BCUT2D eigenvalue weighted by Crippen LogP contribution is 1.99. The number of amides is 1. The molecule has 1 atom stereocenters. The number of methoxy groups -OCH3 is 1. The first kappa shape index (κ1) is 10.8. The molecule has 1 unspecified atom stereocenters. The monoisotopic (exact) mass is 170 g/mol. The number of carbonyl (C=O) groups excluding carboxylic acids is 1. The molecule has 0 aliphatic carbocycles. The zero-order valence-corrected chi connectivity index (χ0v) is 7.70. The Kier molecular flexibility index (Phi) is 4.86. The van der Waals surface area contributed by atoms with Crippen LogP contribution < -0.4 is 0 Å². The number of carbonyl (C=O) groups is 1. The highest BCUT2D eigenvalue weighted by molar-refractivity contribution is 5.67. The van der Waals surface area contributed by atoms with Crippen LogP contribution in [0.4, 0.5) is 4.79 Å². The maximum atomic E-state index is 11.0. The minimum absolute atomic E-state index is 0.149. The van der Waals surface area contributed by atoms with E-state index in [1.165, 1.54) is 12.0 Å². The van der Waals surface area contributed by atoms with Crippen molar-refractivity contribution in [1.29, 1.82) is 5.26 Å². The van der Waals surface area contributed by atoms with Gasteiger partial charge in [-0.25, -0.2) is 4.79 Å². The van der Waals surface area contributed by atoms with Crippen molar-refractivity contribution in [3.63, 3.8) is 0 Å². The minimum atomic E-state index is -0.375. The highest BCUT2D eigenvalue weighted by atomic mass is 16.5. The van der Waals surface area contributed by atoms with Crippen molar-refractivity contribution in [3.8, 4) is 6.07 Å². The molecule has 68 valence electrons. The average Bonchev–Trinajstić information content (AvgIpc) is 2.12. The third-order valence-electron chi connectivity index (χ3n) is 1.53. The third-order valence-corrected chi connectivity index (χ3v) is 1.53. The van der Waals surface area contributed by atoms with E-state index in [1.54, 1.807) is 6.92 Å². The lowest BCUT2D eigenvalue weighted by atomic mass is 10.2. The molecule has 1 amide bonds. The molecular weight excluding hydrogens is 156 g/mol. The molecule has 0 aromatic heterocycles. The van der Waals surface area contributed by atoms with Gasteiger partial charge in [-0.1, -0.05) is 0 Å². The van der Waals surface area contributed by atoms with Crippen LogP contribution >= 0.6 is 0 Å². The number of hydrogen-bond acceptors (Lipinski definition) is 3.